The lowest BCUT2D eigenvalue weighted by Gasteiger charge is -2.31. The summed E-state index contributed by atoms with van der Waals surface area (Å²) in [7, 11) is 0. The lowest BCUT2D eigenvalue weighted by molar-refractivity contribution is -0.151. The molecule has 0 amide bonds. The highest BCUT2D eigenvalue weighted by atomic mass is 16.5. The van der Waals surface area contributed by atoms with Crippen LogP contribution in [0.3, 0.4) is 0 Å². The van der Waals surface area contributed by atoms with Crippen LogP contribution in [0.2, 0.25) is 0 Å². The van der Waals surface area contributed by atoms with Crippen molar-refractivity contribution in [2.75, 3.05) is 6.61 Å². The first-order valence-corrected chi connectivity index (χ1v) is 9.16. The average molecular weight is 313 g/mol. The van der Waals surface area contributed by atoms with Crippen LogP contribution >= 0.6 is 0 Å². The molecule has 2 heteroatoms. The molecule has 0 aliphatic rings. The monoisotopic (exact) mass is 312 g/mol. The smallest absolute Gasteiger partial charge is 0.309 e. The number of rotatable bonds is 9. The molecule has 0 fully saturated rings. The Kier molecular flexibility index (Phi) is 9.34. The van der Waals surface area contributed by atoms with Gasteiger partial charge in [-0.3, -0.25) is 4.79 Å². The fourth-order valence-electron chi connectivity index (χ4n) is 3.43. The van der Waals surface area contributed by atoms with Crippen molar-refractivity contribution in [3.8, 4) is 0 Å². The Balaban J connectivity index is 4.77. The van der Waals surface area contributed by atoms with Crippen molar-refractivity contribution >= 4 is 5.97 Å². The maximum atomic E-state index is 12.4. The number of esters is 1. The van der Waals surface area contributed by atoms with E-state index in [4.69, 9.17) is 4.74 Å². The lowest BCUT2D eigenvalue weighted by Crippen LogP contribution is -2.31. The van der Waals surface area contributed by atoms with Gasteiger partial charge in [-0.25, -0.2) is 0 Å². The minimum absolute atomic E-state index is 0.00505. The van der Waals surface area contributed by atoms with Crippen LogP contribution < -0.4 is 0 Å². The van der Waals surface area contributed by atoms with Gasteiger partial charge in [0, 0.05) is 0 Å². The summed E-state index contributed by atoms with van der Waals surface area (Å²) in [5.41, 5.74) is 0.357. The van der Waals surface area contributed by atoms with E-state index in [2.05, 4.69) is 55.4 Å². The van der Waals surface area contributed by atoms with Crippen LogP contribution in [0.5, 0.6) is 0 Å². The van der Waals surface area contributed by atoms with Crippen molar-refractivity contribution in [2.24, 2.45) is 35.0 Å². The Bertz CT molecular complexity index is 314. The summed E-state index contributed by atoms with van der Waals surface area (Å²) >= 11 is 0. The minimum Gasteiger partial charge on any atom is -0.466 e. The number of hydrogen-bond acceptors (Lipinski definition) is 2. The first kappa shape index (κ1) is 21.5. The van der Waals surface area contributed by atoms with E-state index in [0.717, 1.165) is 12.8 Å². The number of carbonyl (C=O) groups is 1. The molecular formula is C20H40O2. The van der Waals surface area contributed by atoms with Crippen molar-refractivity contribution in [3.63, 3.8) is 0 Å². The molecule has 0 heterocycles. The van der Waals surface area contributed by atoms with E-state index < -0.39 is 0 Å². The third-order valence-corrected chi connectivity index (χ3v) is 5.04. The van der Waals surface area contributed by atoms with Gasteiger partial charge >= 0.3 is 5.97 Å². The molecule has 0 bridgehead atoms. The van der Waals surface area contributed by atoms with Gasteiger partial charge in [0.25, 0.3) is 0 Å². The van der Waals surface area contributed by atoms with Crippen LogP contribution in [0.1, 0.15) is 81.6 Å². The first-order chi connectivity index (χ1) is 9.99. The largest absolute Gasteiger partial charge is 0.466 e. The summed E-state index contributed by atoms with van der Waals surface area (Å²) in [6, 6.07) is 0. The number of carbonyl (C=O) groups excluding carboxylic acids is 1. The molecule has 0 aliphatic heterocycles. The van der Waals surface area contributed by atoms with Crippen LogP contribution in [-0.2, 0) is 9.53 Å². The molecule has 0 radical (unpaired) electrons. The third-order valence-electron chi connectivity index (χ3n) is 5.04. The standard InChI is InChI=1S/C20H40O2/c1-10-22-19(21)18(17(6)16(5)14(2)3)12-11-15(4)13-20(7,8)9/h14-18H,10-13H2,1-9H3. The molecule has 2 nitrogen and oxygen atoms in total. The molecule has 0 saturated carbocycles. The Morgan fingerprint density at radius 2 is 1.50 bits per heavy atom. The maximum absolute atomic E-state index is 12.4. The molecule has 0 N–H and O–H groups in total. The van der Waals surface area contributed by atoms with Gasteiger partial charge in [0.15, 0.2) is 0 Å². The Hall–Kier alpha value is -0.530. The molecule has 0 rings (SSSR count). The van der Waals surface area contributed by atoms with Gasteiger partial charge in [0.2, 0.25) is 0 Å². The summed E-state index contributed by atoms with van der Waals surface area (Å²) in [5.74, 6) is 2.20. The van der Waals surface area contributed by atoms with E-state index in [1.165, 1.54) is 6.42 Å². The molecule has 0 aromatic carbocycles. The fourth-order valence-corrected chi connectivity index (χ4v) is 3.43. The number of hydrogen-bond donors (Lipinski definition) is 0. The molecule has 0 aromatic rings. The van der Waals surface area contributed by atoms with Crippen LogP contribution in [0.4, 0.5) is 0 Å². The normalized spacial score (nSPS) is 17.9. The maximum Gasteiger partial charge on any atom is 0.309 e. The summed E-state index contributed by atoms with van der Waals surface area (Å²) in [4.78, 5) is 12.4. The van der Waals surface area contributed by atoms with Crippen molar-refractivity contribution in [1.82, 2.24) is 0 Å². The molecule has 0 spiro atoms. The van der Waals surface area contributed by atoms with Crippen LogP contribution in [-0.4, -0.2) is 12.6 Å². The number of ether oxygens (including phenoxy) is 1. The van der Waals surface area contributed by atoms with Crippen LogP contribution in [0, 0.1) is 35.0 Å². The zero-order valence-corrected chi connectivity index (χ0v) is 16.5. The van der Waals surface area contributed by atoms with E-state index in [0.29, 0.717) is 35.7 Å². The highest BCUT2D eigenvalue weighted by molar-refractivity contribution is 5.72. The van der Waals surface area contributed by atoms with Crippen molar-refractivity contribution in [3.05, 3.63) is 0 Å². The Labute approximate surface area is 139 Å². The second-order valence-electron chi connectivity index (χ2n) is 8.77. The topological polar surface area (TPSA) is 26.3 Å². The Morgan fingerprint density at radius 3 is 1.91 bits per heavy atom. The Morgan fingerprint density at radius 1 is 0.955 bits per heavy atom. The van der Waals surface area contributed by atoms with E-state index >= 15 is 0 Å². The molecule has 0 aromatic heterocycles. The molecule has 0 aliphatic carbocycles. The van der Waals surface area contributed by atoms with Crippen LogP contribution in [0.15, 0.2) is 0 Å². The summed E-state index contributed by atoms with van der Waals surface area (Å²) in [5, 5.41) is 0. The van der Waals surface area contributed by atoms with Crippen molar-refractivity contribution in [1.29, 1.82) is 0 Å². The molecule has 0 saturated heterocycles. The summed E-state index contributed by atoms with van der Waals surface area (Å²) < 4.78 is 5.35. The predicted octanol–water partition coefficient (Wildman–Crippen LogP) is 5.95. The minimum atomic E-state index is 0.00505. The zero-order chi connectivity index (χ0) is 17.5. The van der Waals surface area contributed by atoms with Crippen molar-refractivity contribution < 1.29 is 9.53 Å². The highest BCUT2D eigenvalue weighted by Gasteiger charge is 2.31. The highest BCUT2D eigenvalue weighted by Crippen LogP contribution is 2.33. The first-order valence-electron chi connectivity index (χ1n) is 9.16. The van der Waals surface area contributed by atoms with Gasteiger partial charge < -0.3 is 4.74 Å². The quantitative estimate of drug-likeness (QED) is 0.492. The fraction of sp³-hybridized carbons (Fsp3) is 0.950. The summed E-state index contributed by atoms with van der Waals surface area (Å²) in [6.45, 7) is 20.5. The van der Waals surface area contributed by atoms with Gasteiger partial charge in [-0.1, -0.05) is 55.4 Å². The predicted molar refractivity (Wildman–Crippen MR) is 95.8 cm³/mol. The second-order valence-corrected chi connectivity index (χ2v) is 8.77. The van der Waals surface area contributed by atoms with E-state index in [-0.39, 0.29) is 11.9 Å². The lowest BCUT2D eigenvalue weighted by atomic mass is 9.75. The summed E-state index contributed by atoms with van der Waals surface area (Å²) in [6.07, 6.45) is 3.26. The van der Waals surface area contributed by atoms with E-state index in [1.807, 2.05) is 6.92 Å². The van der Waals surface area contributed by atoms with Gasteiger partial charge in [-0.2, -0.15) is 0 Å². The molecule has 4 unspecified atom stereocenters. The van der Waals surface area contributed by atoms with Gasteiger partial charge in [0.05, 0.1) is 12.5 Å². The van der Waals surface area contributed by atoms with Crippen LogP contribution in [0.25, 0.3) is 0 Å². The van der Waals surface area contributed by atoms with E-state index in [9.17, 15) is 4.79 Å². The molecular weight excluding hydrogens is 272 g/mol. The second kappa shape index (κ2) is 9.57. The third kappa shape index (κ3) is 8.19. The molecule has 4 atom stereocenters. The van der Waals surface area contributed by atoms with Gasteiger partial charge in [0.1, 0.15) is 0 Å². The molecule has 132 valence electrons. The van der Waals surface area contributed by atoms with Gasteiger partial charge in [-0.05, 0) is 55.3 Å². The zero-order valence-electron chi connectivity index (χ0n) is 16.5. The molecule has 22 heavy (non-hydrogen) atoms. The SMILES string of the molecule is CCOC(=O)C(CCC(C)CC(C)(C)C)C(C)C(C)C(C)C. The average Bonchev–Trinajstić information content (AvgIpc) is 2.35. The van der Waals surface area contributed by atoms with E-state index in [1.54, 1.807) is 0 Å². The van der Waals surface area contributed by atoms with Gasteiger partial charge in [-0.15, -0.1) is 0 Å². The van der Waals surface area contributed by atoms with Crippen molar-refractivity contribution in [2.45, 2.75) is 81.6 Å².